The van der Waals surface area contributed by atoms with Gasteiger partial charge in [-0.05, 0) is 31.9 Å². The van der Waals surface area contributed by atoms with E-state index in [1.807, 2.05) is 36.1 Å². The molecule has 1 fully saturated rings. The lowest BCUT2D eigenvalue weighted by molar-refractivity contribution is 0.0679. The van der Waals surface area contributed by atoms with Crippen LogP contribution in [0.4, 0.5) is 0 Å². The molecule has 0 saturated carbocycles. The Morgan fingerprint density at radius 1 is 1.23 bits per heavy atom. The third-order valence-corrected chi connectivity index (χ3v) is 3.93. The van der Waals surface area contributed by atoms with E-state index in [1.54, 1.807) is 17.2 Å². The van der Waals surface area contributed by atoms with E-state index in [0.717, 1.165) is 12.8 Å². The van der Waals surface area contributed by atoms with E-state index in [9.17, 15) is 4.79 Å². The summed E-state index contributed by atoms with van der Waals surface area (Å²) in [6.45, 7) is 3.90. The van der Waals surface area contributed by atoms with Crippen LogP contribution in [0.1, 0.15) is 36.2 Å². The van der Waals surface area contributed by atoms with Crippen LogP contribution in [-0.4, -0.2) is 45.5 Å². The number of hydrogen-bond acceptors (Lipinski definition) is 4. The molecule has 0 unspecified atom stereocenters. The average Bonchev–Trinajstić information content (AvgIpc) is 3.10. The maximum atomic E-state index is 12.7. The van der Waals surface area contributed by atoms with Gasteiger partial charge in [-0.3, -0.25) is 4.79 Å². The van der Waals surface area contributed by atoms with E-state index >= 15 is 0 Å². The van der Waals surface area contributed by atoms with Crippen LogP contribution in [0.15, 0.2) is 36.7 Å². The van der Waals surface area contributed by atoms with Crippen molar-refractivity contribution in [1.29, 1.82) is 0 Å². The number of para-hydroxylation sites is 1. The molecule has 22 heavy (non-hydrogen) atoms. The van der Waals surface area contributed by atoms with Gasteiger partial charge in [-0.1, -0.05) is 12.1 Å². The van der Waals surface area contributed by atoms with Gasteiger partial charge in [0.1, 0.15) is 5.75 Å². The highest BCUT2D eigenvalue weighted by Crippen LogP contribution is 2.25. The van der Waals surface area contributed by atoms with Gasteiger partial charge in [0.25, 0.3) is 5.91 Å². The summed E-state index contributed by atoms with van der Waals surface area (Å²) in [6.07, 6.45) is 5.13. The second-order valence-electron chi connectivity index (χ2n) is 5.30. The number of piperidine rings is 1. The fourth-order valence-electron chi connectivity index (χ4n) is 2.81. The highest BCUT2D eigenvalue weighted by atomic mass is 16.5. The molecule has 0 N–H and O–H groups in total. The molecule has 1 amide bonds. The molecule has 1 saturated heterocycles. The zero-order valence-electron chi connectivity index (χ0n) is 12.7. The molecule has 116 valence electrons. The Morgan fingerprint density at radius 3 is 2.59 bits per heavy atom. The highest BCUT2D eigenvalue weighted by molar-refractivity contribution is 5.97. The quantitative estimate of drug-likeness (QED) is 0.868. The molecular formula is C16H20N4O2. The van der Waals surface area contributed by atoms with Crippen molar-refractivity contribution in [3.63, 3.8) is 0 Å². The van der Waals surface area contributed by atoms with Crippen molar-refractivity contribution in [3.8, 4) is 5.75 Å². The Labute approximate surface area is 129 Å². The summed E-state index contributed by atoms with van der Waals surface area (Å²) in [6, 6.07) is 7.71. The van der Waals surface area contributed by atoms with Gasteiger partial charge in [-0.2, -0.15) is 15.0 Å². The summed E-state index contributed by atoms with van der Waals surface area (Å²) in [5, 5.41) is 8.38. The predicted molar refractivity (Wildman–Crippen MR) is 81.8 cm³/mol. The second kappa shape index (κ2) is 6.60. The molecule has 1 aliphatic rings. The van der Waals surface area contributed by atoms with Crippen LogP contribution in [-0.2, 0) is 0 Å². The van der Waals surface area contributed by atoms with Crippen molar-refractivity contribution < 1.29 is 9.53 Å². The van der Waals surface area contributed by atoms with E-state index in [0.29, 0.717) is 31.0 Å². The molecule has 2 aromatic rings. The fourth-order valence-corrected chi connectivity index (χ4v) is 2.81. The van der Waals surface area contributed by atoms with Crippen molar-refractivity contribution in [2.45, 2.75) is 25.8 Å². The van der Waals surface area contributed by atoms with E-state index in [4.69, 9.17) is 4.74 Å². The van der Waals surface area contributed by atoms with Gasteiger partial charge in [0.2, 0.25) is 0 Å². The molecular weight excluding hydrogens is 280 g/mol. The average molecular weight is 300 g/mol. The minimum Gasteiger partial charge on any atom is -0.493 e. The number of hydrogen-bond donors (Lipinski definition) is 0. The summed E-state index contributed by atoms with van der Waals surface area (Å²) < 4.78 is 5.56. The Hall–Kier alpha value is -2.37. The van der Waals surface area contributed by atoms with Crippen molar-refractivity contribution in [2.75, 3.05) is 19.7 Å². The van der Waals surface area contributed by atoms with Crippen LogP contribution < -0.4 is 4.74 Å². The second-order valence-corrected chi connectivity index (χ2v) is 5.30. The van der Waals surface area contributed by atoms with Crippen LogP contribution in [0, 0.1) is 0 Å². The van der Waals surface area contributed by atoms with Crippen molar-refractivity contribution in [3.05, 3.63) is 42.2 Å². The maximum absolute atomic E-state index is 12.7. The molecule has 6 nitrogen and oxygen atoms in total. The zero-order chi connectivity index (χ0) is 15.4. The van der Waals surface area contributed by atoms with Gasteiger partial charge in [0.15, 0.2) is 0 Å². The number of rotatable bonds is 4. The molecule has 0 radical (unpaired) electrons. The monoisotopic (exact) mass is 300 g/mol. The van der Waals surface area contributed by atoms with Gasteiger partial charge < -0.3 is 9.64 Å². The molecule has 0 spiro atoms. The van der Waals surface area contributed by atoms with E-state index in [-0.39, 0.29) is 11.9 Å². The third kappa shape index (κ3) is 2.95. The molecule has 0 atom stereocenters. The molecule has 0 aliphatic carbocycles. The summed E-state index contributed by atoms with van der Waals surface area (Å²) in [5.41, 5.74) is 0.639. The van der Waals surface area contributed by atoms with E-state index < -0.39 is 0 Å². The maximum Gasteiger partial charge on any atom is 0.257 e. The number of carbonyl (C=O) groups excluding carboxylic acids is 1. The fraction of sp³-hybridized carbons (Fsp3) is 0.438. The van der Waals surface area contributed by atoms with Crippen LogP contribution >= 0.6 is 0 Å². The molecule has 0 bridgehead atoms. The third-order valence-electron chi connectivity index (χ3n) is 3.93. The first-order valence-corrected chi connectivity index (χ1v) is 7.66. The van der Waals surface area contributed by atoms with E-state index in [1.165, 1.54) is 0 Å². The van der Waals surface area contributed by atoms with Gasteiger partial charge in [0, 0.05) is 13.1 Å². The van der Waals surface area contributed by atoms with Crippen molar-refractivity contribution >= 4 is 5.91 Å². The molecule has 2 heterocycles. The minimum atomic E-state index is 0.0379. The minimum absolute atomic E-state index is 0.0379. The smallest absolute Gasteiger partial charge is 0.257 e. The molecule has 3 rings (SSSR count). The molecule has 6 heteroatoms. The normalized spacial score (nSPS) is 15.8. The number of benzene rings is 1. The number of likely N-dealkylation sites (tertiary alicyclic amines) is 1. The topological polar surface area (TPSA) is 60.2 Å². The number of ether oxygens (including phenoxy) is 1. The summed E-state index contributed by atoms with van der Waals surface area (Å²) in [4.78, 5) is 16.3. The van der Waals surface area contributed by atoms with Crippen LogP contribution in [0.25, 0.3) is 0 Å². The SMILES string of the molecule is CCOc1ccccc1C(=O)N1CCC(n2nccn2)CC1. The summed E-state index contributed by atoms with van der Waals surface area (Å²) in [5.74, 6) is 0.696. The molecule has 1 aromatic carbocycles. The van der Waals surface area contributed by atoms with Crippen LogP contribution in [0.3, 0.4) is 0 Å². The Morgan fingerprint density at radius 2 is 1.91 bits per heavy atom. The van der Waals surface area contributed by atoms with Crippen molar-refractivity contribution in [1.82, 2.24) is 19.9 Å². The van der Waals surface area contributed by atoms with Gasteiger partial charge >= 0.3 is 0 Å². The lowest BCUT2D eigenvalue weighted by Gasteiger charge is -2.31. The number of aromatic nitrogens is 3. The number of amides is 1. The standard InChI is InChI=1S/C16H20N4O2/c1-2-22-15-6-4-3-5-14(15)16(21)19-11-7-13(8-12-19)20-17-9-10-18-20/h3-6,9-10,13H,2,7-8,11-12H2,1H3. The molecule has 1 aliphatic heterocycles. The summed E-state index contributed by atoms with van der Waals surface area (Å²) in [7, 11) is 0. The Bertz CT molecular complexity index is 619. The van der Waals surface area contributed by atoms with Crippen molar-refractivity contribution in [2.24, 2.45) is 0 Å². The Kier molecular flexibility index (Phi) is 4.37. The van der Waals surface area contributed by atoms with Gasteiger partial charge in [-0.25, -0.2) is 0 Å². The lowest BCUT2D eigenvalue weighted by Crippen LogP contribution is -2.39. The first-order chi connectivity index (χ1) is 10.8. The number of nitrogens with zero attached hydrogens (tertiary/aromatic N) is 4. The van der Waals surface area contributed by atoms with Gasteiger partial charge in [0.05, 0.1) is 30.6 Å². The van der Waals surface area contributed by atoms with Gasteiger partial charge in [-0.15, -0.1) is 0 Å². The number of carbonyl (C=O) groups is 1. The first kappa shape index (κ1) is 14.6. The lowest BCUT2D eigenvalue weighted by atomic mass is 10.0. The zero-order valence-corrected chi connectivity index (χ0v) is 12.7. The largest absolute Gasteiger partial charge is 0.493 e. The first-order valence-electron chi connectivity index (χ1n) is 7.66. The van der Waals surface area contributed by atoms with E-state index in [2.05, 4.69) is 10.2 Å². The Balaban J connectivity index is 1.67. The predicted octanol–water partition coefficient (Wildman–Crippen LogP) is 2.15. The highest BCUT2D eigenvalue weighted by Gasteiger charge is 2.26. The molecule has 1 aromatic heterocycles. The summed E-state index contributed by atoms with van der Waals surface area (Å²) >= 11 is 0. The van der Waals surface area contributed by atoms with Crippen LogP contribution in [0.5, 0.6) is 5.75 Å². The van der Waals surface area contributed by atoms with Crippen LogP contribution in [0.2, 0.25) is 0 Å².